The van der Waals surface area contributed by atoms with Crippen molar-refractivity contribution in [3.8, 4) is 11.8 Å². The Labute approximate surface area is 91.8 Å². The number of hydrogen-bond acceptors (Lipinski definition) is 3. The Hall–Kier alpha value is -1.01. The highest BCUT2D eigenvalue weighted by Crippen LogP contribution is 2.03. The summed E-state index contributed by atoms with van der Waals surface area (Å²) >= 11 is 0. The quantitative estimate of drug-likeness (QED) is 0.398. The number of unbranched alkanes of at least 4 members (excludes halogenated alkanes) is 4. The van der Waals surface area contributed by atoms with Gasteiger partial charge in [0, 0.05) is 25.9 Å². The number of hydrogen-bond donors (Lipinski definition) is 1. The van der Waals surface area contributed by atoms with E-state index < -0.39 is 0 Å². The van der Waals surface area contributed by atoms with Crippen LogP contribution in [0.3, 0.4) is 0 Å². The van der Waals surface area contributed by atoms with Crippen molar-refractivity contribution in [1.82, 2.24) is 0 Å². The highest BCUT2D eigenvalue weighted by atomic mass is 16.5. The maximum atomic E-state index is 10.7. The number of ether oxygens (including phenoxy) is 1. The minimum atomic E-state index is -0.135. The number of rotatable bonds is 7. The molecule has 0 radical (unpaired) electrons. The molecule has 0 aromatic carbocycles. The van der Waals surface area contributed by atoms with E-state index >= 15 is 0 Å². The molecular weight excluding hydrogens is 192 g/mol. The van der Waals surface area contributed by atoms with E-state index in [0.717, 1.165) is 38.5 Å². The summed E-state index contributed by atoms with van der Waals surface area (Å²) in [6, 6.07) is 0. The van der Waals surface area contributed by atoms with Crippen molar-refractivity contribution in [2.75, 3.05) is 13.7 Å². The van der Waals surface area contributed by atoms with Crippen molar-refractivity contribution in [1.29, 1.82) is 0 Å². The Bertz CT molecular complexity index is 213. The summed E-state index contributed by atoms with van der Waals surface area (Å²) < 4.78 is 4.53. The Balaban J connectivity index is 3.16. The van der Waals surface area contributed by atoms with Gasteiger partial charge in [-0.3, -0.25) is 4.79 Å². The molecule has 0 aliphatic carbocycles. The predicted molar refractivity (Wildman–Crippen MR) is 59.2 cm³/mol. The lowest BCUT2D eigenvalue weighted by molar-refractivity contribution is -0.140. The van der Waals surface area contributed by atoms with Crippen molar-refractivity contribution in [3.63, 3.8) is 0 Å². The van der Waals surface area contributed by atoms with Crippen molar-refractivity contribution < 1.29 is 14.6 Å². The summed E-state index contributed by atoms with van der Waals surface area (Å²) in [6.07, 6.45) is 5.85. The summed E-state index contributed by atoms with van der Waals surface area (Å²) in [5.74, 6) is 5.91. The van der Waals surface area contributed by atoms with Gasteiger partial charge in [0.25, 0.3) is 0 Å². The number of methoxy groups -OCH3 is 1. The molecule has 0 saturated carbocycles. The minimum absolute atomic E-state index is 0.135. The third-order valence-electron chi connectivity index (χ3n) is 2.00. The molecule has 0 aliphatic rings. The van der Waals surface area contributed by atoms with E-state index in [1.165, 1.54) is 7.11 Å². The van der Waals surface area contributed by atoms with Crippen molar-refractivity contribution in [2.45, 2.75) is 44.9 Å². The summed E-state index contributed by atoms with van der Waals surface area (Å²) in [5, 5.41) is 8.50. The number of carbonyl (C=O) groups is 1. The zero-order chi connectivity index (χ0) is 11.4. The molecule has 0 heterocycles. The molecule has 3 heteroatoms. The molecule has 0 fully saturated rings. The van der Waals surface area contributed by atoms with E-state index in [9.17, 15) is 4.79 Å². The van der Waals surface area contributed by atoms with E-state index in [1.807, 2.05) is 0 Å². The molecule has 0 bridgehead atoms. The first-order chi connectivity index (χ1) is 7.31. The van der Waals surface area contributed by atoms with E-state index in [-0.39, 0.29) is 12.6 Å². The zero-order valence-corrected chi connectivity index (χ0v) is 9.42. The lowest BCUT2D eigenvalue weighted by Gasteiger charge is -1.97. The van der Waals surface area contributed by atoms with Crippen molar-refractivity contribution in [2.24, 2.45) is 0 Å². The Morgan fingerprint density at radius 1 is 1.13 bits per heavy atom. The highest BCUT2D eigenvalue weighted by molar-refractivity contribution is 5.68. The molecule has 15 heavy (non-hydrogen) atoms. The van der Waals surface area contributed by atoms with Crippen LogP contribution in [0.4, 0.5) is 0 Å². The van der Waals surface area contributed by atoms with Crippen LogP contribution in [-0.4, -0.2) is 24.8 Å². The summed E-state index contributed by atoms with van der Waals surface area (Å²) in [4.78, 5) is 10.7. The van der Waals surface area contributed by atoms with Gasteiger partial charge in [-0.25, -0.2) is 0 Å². The van der Waals surface area contributed by atoms with Crippen LogP contribution in [0, 0.1) is 11.8 Å². The van der Waals surface area contributed by atoms with E-state index in [0.29, 0.717) is 6.42 Å². The second-order valence-corrected chi connectivity index (χ2v) is 3.32. The largest absolute Gasteiger partial charge is 0.469 e. The normalized spacial score (nSPS) is 9.20. The Morgan fingerprint density at radius 2 is 1.80 bits per heavy atom. The van der Waals surface area contributed by atoms with Gasteiger partial charge >= 0.3 is 5.97 Å². The Kier molecular flexibility index (Phi) is 10.3. The average Bonchev–Trinajstić information content (AvgIpc) is 2.26. The summed E-state index contributed by atoms with van der Waals surface area (Å²) in [7, 11) is 1.41. The van der Waals surface area contributed by atoms with Gasteiger partial charge in [-0.15, -0.1) is 11.8 Å². The van der Waals surface area contributed by atoms with Crippen LogP contribution in [0.2, 0.25) is 0 Å². The first-order valence-corrected chi connectivity index (χ1v) is 5.44. The smallest absolute Gasteiger partial charge is 0.305 e. The molecule has 0 aliphatic heterocycles. The number of carbonyl (C=O) groups excluding carboxylic acids is 1. The zero-order valence-electron chi connectivity index (χ0n) is 9.42. The number of aliphatic hydroxyl groups excluding tert-OH is 1. The molecule has 0 atom stereocenters. The second kappa shape index (κ2) is 11.1. The summed E-state index contributed by atoms with van der Waals surface area (Å²) in [5.41, 5.74) is 0. The average molecular weight is 212 g/mol. The maximum Gasteiger partial charge on any atom is 0.305 e. The molecule has 1 N–H and O–H groups in total. The lowest BCUT2D eigenvalue weighted by atomic mass is 10.1. The van der Waals surface area contributed by atoms with Crippen LogP contribution < -0.4 is 0 Å². The van der Waals surface area contributed by atoms with Crippen LogP contribution in [0.1, 0.15) is 44.9 Å². The van der Waals surface area contributed by atoms with Crippen molar-refractivity contribution >= 4 is 5.97 Å². The van der Waals surface area contributed by atoms with Gasteiger partial charge in [-0.1, -0.05) is 6.42 Å². The molecule has 0 unspecified atom stereocenters. The molecule has 3 nitrogen and oxygen atoms in total. The second-order valence-electron chi connectivity index (χ2n) is 3.32. The first-order valence-electron chi connectivity index (χ1n) is 5.44. The molecule has 0 aromatic rings. The van der Waals surface area contributed by atoms with Gasteiger partial charge in [0.2, 0.25) is 0 Å². The third kappa shape index (κ3) is 10.9. The van der Waals surface area contributed by atoms with Crippen LogP contribution >= 0.6 is 0 Å². The SMILES string of the molecule is COC(=O)CCCCCC#CCCCO. The standard InChI is InChI=1S/C12H20O3/c1-15-12(14)10-8-6-4-2-3-5-7-9-11-13/h13H,2,4,6-11H2,1H3. The number of esters is 1. The van der Waals surface area contributed by atoms with E-state index in [4.69, 9.17) is 5.11 Å². The lowest BCUT2D eigenvalue weighted by Crippen LogP contribution is -1.98. The fourth-order valence-corrected chi connectivity index (χ4v) is 1.11. The highest BCUT2D eigenvalue weighted by Gasteiger charge is 1.97. The molecule has 0 spiro atoms. The van der Waals surface area contributed by atoms with Gasteiger partial charge in [-0.05, 0) is 19.3 Å². The maximum absolute atomic E-state index is 10.7. The van der Waals surface area contributed by atoms with E-state index in [1.54, 1.807) is 0 Å². The topological polar surface area (TPSA) is 46.5 Å². The predicted octanol–water partition coefficient (Wildman–Crippen LogP) is 1.89. The van der Waals surface area contributed by atoms with E-state index in [2.05, 4.69) is 16.6 Å². The van der Waals surface area contributed by atoms with Crippen molar-refractivity contribution in [3.05, 3.63) is 0 Å². The molecule has 0 saturated heterocycles. The van der Waals surface area contributed by atoms with Crippen LogP contribution in [0.5, 0.6) is 0 Å². The molecule has 0 amide bonds. The fourth-order valence-electron chi connectivity index (χ4n) is 1.11. The molecular formula is C12H20O3. The Morgan fingerprint density at radius 3 is 2.40 bits per heavy atom. The van der Waals surface area contributed by atoms with Crippen LogP contribution in [0.15, 0.2) is 0 Å². The van der Waals surface area contributed by atoms with Gasteiger partial charge in [0.05, 0.1) is 7.11 Å². The fraction of sp³-hybridized carbons (Fsp3) is 0.750. The summed E-state index contributed by atoms with van der Waals surface area (Å²) in [6.45, 7) is 0.216. The minimum Gasteiger partial charge on any atom is -0.469 e. The van der Waals surface area contributed by atoms with Crippen LogP contribution in [-0.2, 0) is 9.53 Å². The van der Waals surface area contributed by atoms with Gasteiger partial charge in [0.1, 0.15) is 0 Å². The van der Waals surface area contributed by atoms with Gasteiger partial charge < -0.3 is 9.84 Å². The molecule has 86 valence electrons. The van der Waals surface area contributed by atoms with Gasteiger partial charge in [-0.2, -0.15) is 0 Å². The number of aliphatic hydroxyl groups is 1. The van der Waals surface area contributed by atoms with Gasteiger partial charge in [0.15, 0.2) is 0 Å². The first kappa shape index (κ1) is 14.0. The monoisotopic (exact) mass is 212 g/mol. The van der Waals surface area contributed by atoms with Crippen LogP contribution in [0.25, 0.3) is 0 Å². The molecule has 0 aromatic heterocycles. The third-order valence-corrected chi connectivity index (χ3v) is 2.00. The molecule has 0 rings (SSSR count).